The van der Waals surface area contributed by atoms with E-state index < -0.39 is 0 Å². The smallest absolute Gasteiger partial charge is 0.136 e. The molecule has 1 aliphatic heterocycles. The van der Waals surface area contributed by atoms with Crippen molar-refractivity contribution < 1.29 is 4.42 Å². The first-order valence-corrected chi connectivity index (χ1v) is 14.4. The average Bonchev–Trinajstić information content (AvgIpc) is 3.37. The van der Waals surface area contributed by atoms with Crippen molar-refractivity contribution in [1.29, 1.82) is 0 Å². The van der Waals surface area contributed by atoms with Crippen molar-refractivity contribution in [3.8, 4) is 33.4 Å². The molecule has 0 aliphatic carbocycles. The summed E-state index contributed by atoms with van der Waals surface area (Å²) in [6.45, 7) is 0. The molecule has 1 aromatic heterocycles. The normalized spacial score (nSPS) is 12.4. The summed E-state index contributed by atoms with van der Waals surface area (Å²) < 4.78 is 6.35. The topological polar surface area (TPSA) is 13.1 Å². The molecule has 1 aliphatic rings. The lowest BCUT2D eigenvalue weighted by atomic mass is 9.92. The number of fused-ring (bicyclic) bond motifs is 6. The van der Waals surface area contributed by atoms with E-state index in [1.807, 2.05) is 11.8 Å². The molecule has 8 aromatic rings. The van der Waals surface area contributed by atoms with E-state index in [4.69, 9.17) is 4.42 Å². The van der Waals surface area contributed by atoms with Crippen LogP contribution in [0.25, 0.3) is 76.9 Å². The lowest BCUT2D eigenvalue weighted by Gasteiger charge is -2.21. The van der Waals surface area contributed by atoms with Gasteiger partial charge in [-0.2, -0.15) is 0 Å². The van der Waals surface area contributed by atoms with Gasteiger partial charge in [0.25, 0.3) is 0 Å². The van der Waals surface area contributed by atoms with Gasteiger partial charge in [0.1, 0.15) is 11.2 Å². The van der Waals surface area contributed by atoms with E-state index >= 15 is 0 Å². The fourth-order valence-electron chi connectivity index (χ4n) is 6.36. The van der Waals surface area contributed by atoms with Crippen LogP contribution in [0.15, 0.2) is 148 Å². The van der Waals surface area contributed by atoms with Crippen LogP contribution in [0.3, 0.4) is 0 Å². The number of hydrogen-bond acceptors (Lipinski definition) is 2. The standard InChI is InChI=1S/C38H22OS/c1-2-8-26-22-34-32(21-25(26)7-1)38-29(13-6-15-33(38)39-34)28-12-3-11-24(19-28)27-17-18-35-31(20-27)30-14-4-9-23-10-5-16-36(40-35)37(23)30/h1-22H. The molecule has 0 radical (unpaired) electrons. The first-order valence-electron chi connectivity index (χ1n) is 13.6. The van der Waals surface area contributed by atoms with Gasteiger partial charge in [0.15, 0.2) is 0 Å². The third-order valence-corrected chi connectivity index (χ3v) is 9.36. The highest BCUT2D eigenvalue weighted by molar-refractivity contribution is 7.99. The molecule has 2 heteroatoms. The zero-order chi connectivity index (χ0) is 26.2. The summed E-state index contributed by atoms with van der Waals surface area (Å²) in [5.41, 5.74) is 9.32. The van der Waals surface area contributed by atoms with E-state index in [0.29, 0.717) is 0 Å². The third-order valence-electron chi connectivity index (χ3n) is 8.23. The molecule has 0 amide bonds. The fraction of sp³-hybridized carbons (Fsp3) is 0. The van der Waals surface area contributed by atoms with Crippen molar-refractivity contribution in [2.75, 3.05) is 0 Å². The Kier molecular flexibility index (Phi) is 4.61. The molecule has 0 atom stereocenters. The molecule has 7 aromatic carbocycles. The van der Waals surface area contributed by atoms with Crippen molar-refractivity contribution in [3.05, 3.63) is 133 Å². The van der Waals surface area contributed by atoms with E-state index in [0.717, 1.165) is 16.6 Å². The quantitative estimate of drug-likeness (QED) is 0.222. The Morgan fingerprint density at radius 2 is 1.12 bits per heavy atom. The molecule has 0 saturated carbocycles. The highest BCUT2D eigenvalue weighted by atomic mass is 32.2. The van der Waals surface area contributed by atoms with Crippen molar-refractivity contribution >= 4 is 55.2 Å². The second-order valence-corrected chi connectivity index (χ2v) is 11.6. The molecule has 0 N–H and O–H groups in total. The predicted octanol–water partition coefficient (Wildman–Crippen LogP) is 11.4. The van der Waals surface area contributed by atoms with E-state index in [1.165, 1.54) is 70.1 Å². The molecule has 2 heterocycles. The molecule has 0 unspecified atom stereocenters. The number of hydrogen-bond donors (Lipinski definition) is 0. The molecule has 186 valence electrons. The Hall–Kier alpha value is -4.79. The summed E-state index contributed by atoms with van der Waals surface area (Å²) in [5.74, 6) is 0. The van der Waals surface area contributed by atoms with Crippen molar-refractivity contribution in [3.63, 3.8) is 0 Å². The second-order valence-electron chi connectivity index (χ2n) is 10.5. The molecule has 40 heavy (non-hydrogen) atoms. The summed E-state index contributed by atoms with van der Waals surface area (Å²) in [6.07, 6.45) is 0. The van der Waals surface area contributed by atoms with E-state index in [9.17, 15) is 0 Å². The van der Waals surface area contributed by atoms with Crippen LogP contribution in [0.5, 0.6) is 0 Å². The summed E-state index contributed by atoms with van der Waals surface area (Å²) in [7, 11) is 0. The lowest BCUT2D eigenvalue weighted by molar-refractivity contribution is 0.669. The Balaban J connectivity index is 1.21. The van der Waals surface area contributed by atoms with Gasteiger partial charge < -0.3 is 4.42 Å². The van der Waals surface area contributed by atoms with Gasteiger partial charge in [0, 0.05) is 25.9 Å². The van der Waals surface area contributed by atoms with Gasteiger partial charge in [-0.3, -0.25) is 0 Å². The maximum atomic E-state index is 6.35. The van der Waals surface area contributed by atoms with Gasteiger partial charge in [0.2, 0.25) is 0 Å². The third kappa shape index (κ3) is 3.23. The van der Waals surface area contributed by atoms with Crippen molar-refractivity contribution in [2.24, 2.45) is 0 Å². The molecule has 1 nitrogen and oxygen atoms in total. The zero-order valence-electron chi connectivity index (χ0n) is 21.5. The SMILES string of the molecule is c1cc(-c2ccc3c(c2)-c2cccc4cccc(c24)S3)cc(-c2cccc3oc4cc5ccccc5cc4c23)c1. The zero-order valence-corrected chi connectivity index (χ0v) is 22.3. The van der Waals surface area contributed by atoms with Crippen molar-refractivity contribution in [2.45, 2.75) is 9.79 Å². The van der Waals surface area contributed by atoms with Crippen LogP contribution in [0.4, 0.5) is 0 Å². The van der Waals surface area contributed by atoms with E-state index in [1.54, 1.807) is 0 Å². The fourth-order valence-corrected chi connectivity index (χ4v) is 7.49. The van der Waals surface area contributed by atoms with Gasteiger partial charge in [-0.05, 0) is 92.0 Å². The minimum absolute atomic E-state index is 0.922. The first-order chi connectivity index (χ1) is 19.8. The number of benzene rings is 7. The molecule has 0 bridgehead atoms. The van der Waals surface area contributed by atoms with Crippen LogP contribution in [0, 0.1) is 0 Å². The van der Waals surface area contributed by atoms with Crippen LogP contribution in [-0.2, 0) is 0 Å². The van der Waals surface area contributed by atoms with Crippen LogP contribution in [0.1, 0.15) is 0 Å². The summed E-state index contributed by atoms with van der Waals surface area (Å²) >= 11 is 1.87. The van der Waals surface area contributed by atoms with Crippen LogP contribution < -0.4 is 0 Å². The molecule has 9 rings (SSSR count). The summed E-state index contributed by atoms with van der Waals surface area (Å²) in [6, 6.07) is 48.4. The average molecular weight is 527 g/mol. The monoisotopic (exact) mass is 526 g/mol. The maximum absolute atomic E-state index is 6.35. The minimum Gasteiger partial charge on any atom is -0.456 e. The molecule has 0 spiro atoms. The molecular formula is C38H22OS. The molecule has 0 fully saturated rings. The van der Waals surface area contributed by atoms with Gasteiger partial charge in [-0.1, -0.05) is 103 Å². The second kappa shape index (κ2) is 8.35. The summed E-state index contributed by atoms with van der Waals surface area (Å²) in [4.78, 5) is 2.65. The maximum Gasteiger partial charge on any atom is 0.136 e. The van der Waals surface area contributed by atoms with Crippen LogP contribution in [0.2, 0.25) is 0 Å². The minimum atomic E-state index is 0.922. The molecule has 0 saturated heterocycles. The Morgan fingerprint density at radius 3 is 2.05 bits per heavy atom. The van der Waals surface area contributed by atoms with Crippen LogP contribution >= 0.6 is 11.8 Å². The summed E-state index contributed by atoms with van der Waals surface area (Å²) in [5, 5.41) is 7.41. The largest absolute Gasteiger partial charge is 0.456 e. The molecular weight excluding hydrogens is 504 g/mol. The van der Waals surface area contributed by atoms with Crippen LogP contribution in [-0.4, -0.2) is 0 Å². The highest BCUT2D eigenvalue weighted by Crippen LogP contribution is 2.49. The lowest BCUT2D eigenvalue weighted by Crippen LogP contribution is -1.93. The Bertz CT molecular complexity index is 2300. The Labute approximate surface area is 235 Å². The van der Waals surface area contributed by atoms with Crippen molar-refractivity contribution in [1.82, 2.24) is 0 Å². The number of rotatable bonds is 2. The predicted molar refractivity (Wildman–Crippen MR) is 169 cm³/mol. The van der Waals surface area contributed by atoms with E-state index in [2.05, 4.69) is 133 Å². The van der Waals surface area contributed by atoms with Gasteiger partial charge in [0.05, 0.1) is 0 Å². The van der Waals surface area contributed by atoms with E-state index in [-0.39, 0.29) is 0 Å². The first kappa shape index (κ1) is 22.1. The van der Waals surface area contributed by atoms with Gasteiger partial charge >= 0.3 is 0 Å². The van der Waals surface area contributed by atoms with Gasteiger partial charge in [-0.15, -0.1) is 0 Å². The highest BCUT2D eigenvalue weighted by Gasteiger charge is 2.20. The Morgan fingerprint density at radius 1 is 0.400 bits per heavy atom. The van der Waals surface area contributed by atoms with Gasteiger partial charge in [-0.25, -0.2) is 0 Å². The number of furan rings is 1.